The number of alkyl halides is 2. The topological polar surface area (TPSA) is 48.9 Å². The van der Waals surface area contributed by atoms with Gasteiger partial charge in [0.1, 0.15) is 5.75 Å². The van der Waals surface area contributed by atoms with E-state index < -0.39 is 6.61 Å². The second-order valence-electron chi connectivity index (χ2n) is 5.71. The van der Waals surface area contributed by atoms with Crippen LogP contribution >= 0.6 is 11.6 Å². The van der Waals surface area contributed by atoms with Gasteiger partial charge in [-0.1, -0.05) is 11.6 Å². The molecule has 0 aromatic heterocycles. The van der Waals surface area contributed by atoms with Crippen molar-refractivity contribution < 1.29 is 13.5 Å². The minimum atomic E-state index is -2.87. The average Bonchev–Trinajstić information content (AvgIpc) is 2.94. The molecule has 8 heteroatoms. The normalized spacial score (nSPS) is 18.9. The van der Waals surface area contributed by atoms with Crippen molar-refractivity contribution in [2.24, 2.45) is 4.99 Å². The fraction of sp³-hybridized carbons (Fsp3) is 0.562. The van der Waals surface area contributed by atoms with E-state index in [0.717, 1.165) is 19.5 Å². The van der Waals surface area contributed by atoms with Gasteiger partial charge in [0.05, 0.1) is 0 Å². The number of hydrogen-bond donors (Lipinski definition) is 2. The van der Waals surface area contributed by atoms with Crippen LogP contribution in [0.4, 0.5) is 8.78 Å². The van der Waals surface area contributed by atoms with Gasteiger partial charge in [-0.3, -0.25) is 4.99 Å². The lowest BCUT2D eigenvalue weighted by Gasteiger charge is -2.21. The van der Waals surface area contributed by atoms with Gasteiger partial charge in [0, 0.05) is 36.8 Å². The SMILES string of the molecule is CN=C(NCc1cc(Cl)ccc1OC(F)F)NCC1CCCN1C. The van der Waals surface area contributed by atoms with Gasteiger partial charge in [-0.25, -0.2) is 0 Å². The molecule has 0 amide bonds. The van der Waals surface area contributed by atoms with E-state index >= 15 is 0 Å². The van der Waals surface area contributed by atoms with Crippen molar-refractivity contribution in [3.8, 4) is 5.75 Å². The van der Waals surface area contributed by atoms with Crippen LogP contribution in [-0.4, -0.2) is 50.7 Å². The van der Waals surface area contributed by atoms with Crippen LogP contribution in [0.2, 0.25) is 5.02 Å². The number of likely N-dealkylation sites (tertiary alicyclic amines) is 1. The molecular formula is C16H23ClF2N4O. The minimum Gasteiger partial charge on any atom is -0.434 e. The standard InChI is InChI=1S/C16H23ClF2N4O/c1-20-16(22-10-13-4-3-7-23(13)2)21-9-11-8-12(17)5-6-14(11)24-15(18)19/h5-6,8,13,15H,3-4,7,9-10H2,1-2H3,(H2,20,21,22). The summed E-state index contributed by atoms with van der Waals surface area (Å²) in [5, 5.41) is 6.83. The fourth-order valence-corrected chi connectivity index (χ4v) is 2.94. The van der Waals surface area contributed by atoms with Crippen LogP contribution in [0.1, 0.15) is 18.4 Å². The molecule has 1 heterocycles. The summed E-state index contributed by atoms with van der Waals surface area (Å²) in [4.78, 5) is 6.47. The molecule has 0 bridgehead atoms. The molecule has 134 valence electrons. The molecule has 1 aliphatic heterocycles. The molecule has 1 aromatic carbocycles. The van der Waals surface area contributed by atoms with Crippen molar-refractivity contribution in [1.29, 1.82) is 0 Å². The molecule has 1 atom stereocenters. The molecular weight excluding hydrogens is 338 g/mol. The molecule has 2 N–H and O–H groups in total. The molecule has 1 unspecified atom stereocenters. The first-order valence-corrected chi connectivity index (χ1v) is 8.25. The summed E-state index contributed by atoms with van der Waals surface area (Å²) >= 11 is 5.94. The van der Waals surface area contributed by atoms with Crippen molar-refractivity contribution in [3.05, 3.63) is 28.8 Å². The largest absolute Gasteiger partial charge is 0.434 e. The Morgan fingerprint density at radius 2 is 2.25 bits per heavy atom. The number of likely N-dealkylation sites (N-methyl/N-ethyl adjacent to an activating group) is 1. The summed E-state index contributed by atoms with van der Waals surface area (Å²) in [6, 6.07) is 5.04. The van der Waals surface area contributed by atoms with Gasteiger partial charge in [0.2, 0.25) is 0 Å². The molecule has 2 rings (SSSR count). The van der Waals surface area contributed by atoms with Crippen LogP contribution in [0, 0.1) is 0 Å². The molecule has 0 radical (unpaired) electrons. The van der Waals surface area contributed by atoms with Crippen molar-refractivity contribution in [3.63, 3.8) is 0 Å². The van der Waals surface area contributed by atoms with Crippen LogP contribution in [-0.2, 0) is 6.54 Å². The minimum absolute atomic E-state index is 0.105. The van der Waals surface area contributed by atoms with E-state index in [1.54, 1.807) is 13.1 Å². The number of ether oxygens (including phenoxy) is 1. The monoisotopic (exact) mass is 360 g/mol. The van der Waals surface area contributed by atoms with E-state index in [9.17, 15) is 8.78 Å². The number of aliphatic imine (C=N–C) groups is 1. The van der Waals surface area contributed by atoms with E-state index in [1.165, 1.54) is 18.6 Å². The summed E-state index contributed by atoms with van der Waals surface area (Å²) in [6.07, 6.45) is 2.35. The number of nitrogens with one attached hydrogen (secondary N) is 2. The maximum absolute atomic E-state index is 12.5. The third-order valence-corrected chi connectivity index (χ3v) is 4.32. The van der Waals surface area contributed by atoms with Crippen molar-refractivity contribution in [2.75, 3.05) is 27.2 Å². The van der Waals surface area contributed by atoms with E-state index in [1.807, 2.05) is 0 Å². The van der Waals surface area contributed by atoms with Crippen LogP contribution < -0.4 is 15.4 Å². The van der Waals surface area contributed by atoms with Crippen molar-refractivity contribution in [2.45, 2.75) is 32.0 Å². The molecule has 1 aromatic rings. The van der Waals surface area contributed by atoms with Crippen LogP contribution in [0.5, 0.6) is 5.75 Å². The molecule has 0 aliphatic carbocycles. The molecule has 1 aliphatic rings. The van der Waals surface area contributed by atoms with Gasteiger partial charge in [-0.05, 0) is 44.6 Å². The Morgan fingerprint density at radius 3 is 2.88 bits per heavy atom. The maximum atomic E-state index is 12.5. The quantitative estimate of drug-likeness (QED) is 0.605. The van der Waals surface area contributed by atoms with Gasteiger partial charge < -0.3 is 20.3 Å². The average molecular weight is 361 g/mol. The maximum Gasteiger partial charge on any atom is 0.387 e. The summed E-state index contributed by atoms with van der Waals surface area (Å²) in [5.41, 5.74) is 0.545. The van der Waals surface area contributed by atoms with E-state index in [0.29, 0.717) is 22.6 Å². The first-order valence-electron chi connectivity index (χ1n) is 7.87. The smallest absolute Gasteiger partial charge is 0.387 e. The number of guanidine groups is 1. The summed E-state index contributed by atoms with van der Waals surface area (Å²) in [6.45, 7) is -0.704. The lowest BCUT2D eigenvalue weighted by molar-refractivity contribution is -0.0504. The van der Waals surface area contributed by atoms with E-state index in [2.05, 4.69) is 32.3 Å². The van der Waals surface area contributed by atoms with Crippen molar-refractivity contribution >= 4 is 17.6 Å². The van der Waals surface area contributed by atoms with Gasteiger partial charge in [-0.2, -0.15) is 8.78 Å². The number of nitrogens with zero attached hydrogens (tertiary/aromatic N) is 2. The highest BCUT2D eigenvalue weighted by Crippen LogP contribution is 2.24. The van der Waals surface area contributed by atoms with E-state index in [4.69, 9.17) is 11.6 Å². The Hall–Kier alpha value is -1.60. The molecule has 0 saturated carbocycles. The molecule has 0 spiro atoms. The lowest BCUT2D eigenvalue weighted by atomic mass is 10.2. The zero-order chi connectivity index (χ0) is 17.5. The second kappa shape index (κ2) is 9.03. The molecule has 24 heavy (non-hydrogen) atoms. The summed E-state index contributed by atoms with van der Waals surface area (Å²) in [7, 11) is 3.78. The van der Waals surface area contributed by atoms with Crippen LogP contribution in [0.15, 0.2) is 23.2 Å². The number of benzene rings is 1. The fourth-order valence-electron chi connectivity index (χ4n) is 2.75. The molecule has 1 fully saturated rings. The Morgan fingerprint density at radius 1 is 1.46 bits per heavy atom. The lowest BCUT2D eigenvalue weighted by Crippen LogP contribution is -2.43. The molecule has 5 nitrogen and oxygen atoms in total. The van der Waals surface area contributed by atoms with Gasteiger partial charge in [0.25, 0.3) is 0 Å². The Kier molecular flexibility index (Phi) is 7.05. The highest BCUT2D eigenvalue weighted by molar-refractivity contribution is 6.30. The highest BCUT2D eigenvalue weighted by atomic mass is 35.5. The van der Waals surface area contributed by atoms with Gasteiger partial charge in [0.15, 0.2) is 5.96 Å². The van der Waals surface area contributed by atoms with Crippen LogP contribution in [0.3, 0.4) is 0 Å². The number of rotatable bonds is 6. The zero-order valence-corrected chi connectivity index (χ0v) is 14.6. The first-order chi connectivity index (χ1) is 11.5. The summed E-state index contributed by atoms with van der Waals surface area (Å²) < 4.78 is 29.5. The van der Waals surface area contributed by atoms with Crippen LogP contribution in [0.25, 0.3) is 0 Å². The number of hydrogen-bond acceptors (Lipinski definition) is 3. The third-order valence-electron chi connectivity index (χ3n) is 4.09. The predicted molar refractivity (Wildman–Crippen MR) is 91.9 cm³/mol. The Balaban J connectivity index is 1.91. The highest BCUT2D eigenvalue weighted by Gasteiger charge is 2.20. The Labute approximate surface area is 146 Å². The number of halogens is 3. The second-order valence-corrected chi connectivity index (χ2v) is 6.15. The molecule has 1 saturated heterocycles. The third kappa shape index (κ3) is 5.49. The zero-order valence-electron chi connectivity index (χ0n) is 13.9. The first kappa shape index (κ1) is 18.7. The van der Waals surface area contributed by atoms with Gasteiger partial charge in [-0.15, -0.1) is 0 Å². The predicted octanol–water partition coefficient (Wildman–Crippen LogP) is 2.70. The van der Waals surface area contributed by atoms with E-state index in [-0.39, 0.29) is 12.3 Å². The Bertz CT molecular complexity index is 571. The van der Waals surface area contributed by atoms with Crippen molar-refractivity contribution in [1.82, 2.24) is 15.5 Å². The van der Waals surface area contributed by atoms with Gasteiger partial charge >= 0.3 is 6.61 Å². The summed E-state index contributed by atoms with van der Waals surface area (Å²) in [5.74, 6) is 0.714.